The largest absolute Gasteiger partial charge is 0.494 e. The zero-order valence-corrected chi connectivity index (χ0v) is 12.3. The molecule has 1 saturated heterocycles. The lowest BCUT2D eigenvalue weighted by Gasteiger charge is -2.30. The van der Waals surface area contributed by atoms with Crippen LogP contribution in [0.2, 0.25) is 0 Å². The smallest absolute Gasteiger partial charge is 0.119 e. The topological polar surface area (TPSA) is 36.9 Å². The predicted molar refractivity (Wildman–Crippen MR) is 81.1 cm³/mol. The predicted octanol–water partition coefficient (Wildman–Crippen LogP) is 2.43. The molecule has 20 heavy (non-hydrogen) atoms. The van der Waals surface area contributed by atoms with Gasteiger partial charge in [0.2, 0.25) is 0 Å². The Hall–Kier alpha value is -1.55. The van der Waals surface area contributed by atoms with Crippen molar-refractivity contribution in [1.29, 1.82) is 0 Å². The third kappa shape index (κ3) is 2.66. The second-order valence-corrected chi connectivity index (χ2v) is 5.75. The first-order valence-corrected chi connectivity index (χ1v) is 7.51. The van der Waals surface area contributed by atoms with Crippen molar-refractivity contribution in [2.24, 2.45) is 11.0 Å². The monoisotopic (exact) mass is 273 g/mol. The van der Waals surface area contributed by atoms with Crippen molar-refractivity contribution in [3.8, 4) is 5.75 Å². The van der Waals surface area contributed by atoms with Crippen molar-refractivity contribution >= 4 is 5.71 Å². The molecule has 0 bridgehead atoms. The summed E-state index contributed by atoms with van der Waals surface area (Å²) in [4.78, 5) is 2.39. The van der Waals surface area contributed by atoms with Crippen molar-refractivity contribution in [3.63, 3.8) is 0 Å². The number of nitrogens with zero attached hydrogens (tertiary/aromatic N) is 2. The number of hydrogen-bond donors (Lipinski definition) is 1. The number of nitrogens with one attached hydrogen (secondary N) is 1. The molecule has 1 fully saturated rings. The summed E-state index contributed by atoms with van der Waals surface area (Å²) >= 11 is 0. The van der Waals surface area contributed by atoms with Gasteiger partial charge in [-0.05, 0) is 31.2 Å². The number of hydrazone groups is 1. The number of rotatable bonds is 4. The zero-order valence-electron chi connectivity index (χ0n) is 12.3. The average molecular weight is 273 g/mol. The fraction of sp³-hybridized carbons (Fsp3) is 0.562. The molecular weight excluding hydrogens is 250 g/mol. The number of likely N-dealkylation sites (tertiary alicyclic amines) is 1. The zero-order chi connectivity index (χ0) is 13.9. The Bertz CT molecular complexity index is 483. The van der Waals surface area contributed by atoms with Crippen molar-refractivity contribution < 1.29 is 4.74 Å². The van der Waals surface area contributed by atoms with Gasteiger partial charge in [-0.1, -0.05) is 19.1 Å². The molecule has 0 aromatic heterocycles. The van der Waals surface area contributed by atoms with Crippen LogP contribution in [0.25, 0.3) is 0 Å². The third-order valence-corrected chi connectivity index (χ3v) is 4.15. The quantitative estimate of drug-likeness (QED) is 0.915. The molecule has 4 heteroatoms. The second kappa shape index (κ2) is 5.83. The van der Waals surface area contributed by atoms with Crippen LogP contribution >= 0.6 is 0 Å². The van der Waals surface area contributed by atoms with Crippen LogP contribution in [0.4, 0.5) is 0 Å². The lowest BCUT2D eigenvalue weighted by atomic mass is 9.86. The Balaban J connectivity index is 1.70. The Morgan fingerprint density at radius 1 is 1.35 bits per heavy atom. The molecule has 0 radical (unpaired) electrons. The van der Waals surface area contributed by atoms with Gasteiger partial charge in [0.15, 0.2) is 0 Å². The van der Waals surface area contributed by atoms with Gasteiger partial charge in [0.1, 0.15) is 5.75 Å². The minimum atomic E-state index is 0.313. The van der Waals surface area contributed by atoms with Gasteiger partial charge in [0, 0.05) is 31.1 Å². The summed E-state index contributed by atoms with van der Waals surface area (Å²) in [5, 5.41) is 4.53. The van der Waals surface area contributed by atoms with E-state index in [1.807, 2.05) is 0 Å². The van der Waals surface area contributed by atoms with Gasteiger partial charge in [-0.2, -0.15) is 5.10 Å². The van der Waals surface area contributed by atoms with Gasteiger partial charge in [0.05, 0.1) is 12.6 Å². The molecule has 1 aromatic rings. The Morgan fingerprint density at radius 2 is 2.15 bits per heavy atom. The number of ether oxygens (including phenoxy) is 1. The molecule has 0 amide bonds. The first kappa shape index (κ1) is 13.4. The highest BCUT2D eigenvalue weighted by molar-refractivity contribution is 5.89. The van der Waals surface area contributed by atoms with Crippen molar-refractivity contribution in [1.82, 2.24) is 10.3 Å². The summed E-state index contributed by atoms with van der Waals surface area (Å²) in [7, 11) is 2.19. The van der Waals surface area contributed by atoms with Crippen LogP contribution in [0.5, 0.6) is 5.75 Å². The van der Waals surface area contributed by atoms with E-state index >= 15 is 0 Å². The maximum atomic E-state index is 5.64. The van der Waals surface area contributed by atoms with Crippen LogP contribution in [-0.4, -0.2) is 37.4 Å². The van der Waals surface area contributed by atoms with Gasteiger partial charge in [-0.15, -0.1) is 0 Å². The summed E-state index contributed by atoms with van der Waals surface area (Å²) in [5.74, 6) is 1.46. The van der Waals surface area contributed by atoms with Crippen molar-refractivity contribution in [2.75, 3.05) is 26.7 Å². The van der Waals surface area contributed by atoms with E-state index in [1.54, 1.807) is 0 Å². The van der Waals surface area contributed by atoms with E-state index in [2.05, 4.69) is 53.7 Å². The van der Waals surface area contributed by atoms with E-state index in [0.717, 1.165) is 38.3 Å². The van der Waals surface area contributed by atoms with E-state index in [9.17, 15) is 0 Å². The van der Waals surface area contributed by atoms with E-state index in [4.69, 9.17) is 4.74 Å². The molecule has 3 rings (SSSR count). The molecule has 2 atom stereocenters. The average Bonchev–Trinajstić information content (AvgIpc) is 2.88. The first-order chi connectivity index (χ1) is 9.78. The third-order valence-electron chi connectivity index (χ3n) is 4.15. The number of piperidine rings is 1. The van der Waals surface area contributed by atoms with Gasteiger partial charge in [0.25, 0.3) is 0 Å². The Kier molecular flexibility index (Phi) is 3.92. The lowest BCUT2D eigenvalue weighted by Crippen LogP contribution is -2.39. The molecule has 0 spiro atoms. The Morgan fingerprint density at radius 3 is 2.90 bits per heavy atom. The fourth-order valence-electron chi connectivity index (χ4n) is 3.00. The molecule has 0 saturated carbocycles. The van der Waals surface area contributed by atoms with Crippen molar-refractivity contribution in [3.05, 3.63) is 29.8 Å². The molecule has 1 aromatic carbocycles. The minimum absolute atomic E-state index is 0.313. The maximum Gasteiger partial charge on any atom is 0.119 e. The SMILES string of the molecule is CCCOc1ccc(C2NN=C3CCN(C)CC32)cc1. The summed E-state index contributed by atoms with van der Waals surface area (Å²) in [6.45, 7) is 5.11. The molecule has 0 aliphatic carbocycles. The van der Waals surface area contributed by atoms with E-state index < -0.39 is 0 Å². The standard InChI is InChI=1S/C16H23N3O/c1-3-10-20-13-6-4-12(5-7-13)16-14-11-19(2)9-8-15(14)17-18-16/h4-7,14,16,18H,3,8-11H2,1-2H3. The highest BCUT2D eigenvalue weighted by Crippen LogP contribution is 2.32. The maximum absolute atomic E-state index is 5.64. The van der Waals surface area contributed by atoms with E-state index in [0.29, 0.717) is 12.0 Å². The van der Waals surface area contributed by atoms with Crippen LogP contribution in [0.3, 0.4) is 0 Å². The lowest BCUT2D eigenvalue weighted by molar-refractivity contribution is 0.272. The summed E-state index contributed by atoms with van der Waals surface area (Å²) in [5.41, 5.74) is 5.95. The molecule has 2 heterocycles. The molecule has 108 valence electrons. The van der Waals surface area contributed by atoms with Crippen LogP contribution < -0.4 is 10.2 Å². The van der Waals surface area contributed by atoms with Gasteiger partial charge in [-0.25, -0.2) is 0 Å². The molecule has 4 nitrogen and oxygen atoms in total. The summed E-state index contributed by atoms with van der Waals surface area (Å²) in [6.07, 6.45) is 2.12. The fourth-order valence-corrected chi connectivity index (χ4v) is 3.00. The molecule has 2 aliphatic rings. The molecule has 2 unspecified atom stereocenters. The van der Waals surface area contributed by atoms with Crippen LogP contribution in [0.1, 0.15) is 31.4 Å². The number of hydrogen-bond acceptors (Lipinski definition) is 4. The highest BCUT2D eigenvalue weighted by atomic mass is 16.5. The van der Waals surface area contributed by atoms with Crippen molar-refractivity contribution in [2.45, 2.75) is 25.8 Å². The minimum Gasteiger partial charge on any atom is -0.494 e. The summed E-state index contributed by atoms with van der Waals surface area (Å²) < 4.78 is 5.64. The van der Waals surface area contributed by atoms with Gasteiger partial charge >= 0.3 is 0 Å². The number of fused-ring (bicyclic) bond motifs is 1. The normalized spacial score (nSPS) is 25.8. The van der Waals surface area contributed by atoms with Crippen LogP contribution in [0.15, 0.2) is 29.4 Å². The highest BCUT2D eigenvalue weighted by Gasteiger charge is 2.35. The summed E-state index contributed by atoms with van der Waals surface area (Å²) in [6, 6.07) is 8.77. The van der Waals surface area contributed by atoms with Gasteiger partial charge in [-0.3, -0.25) is 0 Å². The Labute approximate surface area is 120 Å². The first-order valence-electron chi connectivity index (χ1n) is 7.51. The molecule has 2 aliphatic heterocycles. The second-order valence-electron chi connectivity index (χ2n) is 5.75. The van der Waals surface area contributed by atoms with E-state index in [-0.39, 0.29) is 0 Å². The number of benzene rings is 1. The van der Waals surface area contributed by atoms with E-state index in [1.165, 1.54) is 11.3 Å². The van der Waals surface area contributed by atoms with Crippen LogP contribution in [-0.2, 0) is 0 Å². The van der Waals surface area contributed by atoms with Crippen LogP contribution in [0, 0.1) is 5.92 Å². The van der Waals surface area contributed by atoms with Gasteiger partial charge < -0.3 is 15.1 Å². The molecule has 1 N–H and O–H groups in total. The molecular formula is C16H23N3O.